The summed E-state index contributed by atoms with van der Waals surface area (Å²) in [6, 6.07) is 0. The Morgan fingerprint density at radius 2 is 2.13 bits per heavy atom. The molecule has 2 aliphatic heterocycles. The van der Waals surface area contributed by atoms with E-state index < -0.39 is 0 Å². The van der Waals surface area contributed by atoms with Crippen molar-refractivity contribution >= 4 is 29.2 Å². The minimum Gasteiger partial charge on any atom is -0.479 e. The molecule has 0 bridgehead atoms. The number of hydrogen-bond acceptors (Lipinski definition) is 7. The van der Waals surface area contributed by atoms with Gasteiger partial charge < -0.3 is 14.8 Å². The standard InChI is InChI=1S/C22H24N6O3/c1-14-4-5-15(10-23-9-14)18-12-24-22(31-3)20-17(18)8-19(26-20)27-21(29)16-11-25-28(13-16)6-7-30-2/h4-5,10-13H,6-9H2,1-3H3,(H,26,27,29). The third kappa shape index (κ3) is 4.46. The average molecular weight is 420 g/mol. The summed E-state index contributed by atoms with van der Waals surface area (Å²) in [4.78, 5) is 26.2. The van der Waals surface area contributed by atoms with Crippen LogP contribution in [0.3, 0.4) is 0 Å². The Morgan fingerprint density at radius 1 is 1.26 bits per heavy atom. The molecule has 9 nitrogen and oxygen atoms in total. The summed E-state index contributed by atoms with van der Waals surface area (Å²) in [6.45, 7) is 3.81. The maximum absolute atomic E-state index is 12.7. The number of aliphatic imine (C=N–C) groups is 2. The summed E-state index contributed by atoms with van der Waals surface area (Å²) in [6.07, 6.45) is 11.4. The van der Waals surface area contributed by atoms with Crippen molar-refractivity contribution in [3.05, 3.63) is 53.0 Å². The molecule has 0 unspecified atom stereocenters. The first-order valence-electron chi connectivity index (χ1n) is 9.93. The molecule has 2 aromatic heterocycles. The van der Waals surface area contributed by atoms with Gasteiger partial charge in [-0.2, -0.15) is 5.10 Å². The number of methoxy groups -OCH3 is 2. The lowest BCUT2D eigenvalue weighted by atomic mass is 9.99. The van der Waals surface area contributed by atoms with Crippen LogP contribution in [-0.4, -0.2) is 60.1 Å². The quantitative estimate of drug-likeness (QED) is 0.773. The fraction of sp³-hybridized carbons (Fsp3) is 0.318. The van der Waals surface area contributed by atoms with Gasteiger partial charge in [-0.15, -0.1) is 0 Å². The van der Waals surface area contributed by atoms with Gasteiger partial charge in [0.1, 0.15) is 11.5 Å². The van der Waals surface area contributed by atoms with Gasteiger partial charge in [0.05, 0.1) is 38.6 Å². The van der Waals surface area contributed by atoms with E-state index in [0.717, 1.165) is 16.7 Å². The average Bonchev–Trinajstić information content (AvgIpc) is 3.35. The topological polar surface area (TPSA) is 103 Å². The molecule has 9 heteroatoms. The van der Waals surface area contributed by atoms with Crippen LogP contribution in [0.5, 0.6) is 5.88 Å². The lowest BCUT2D eigenvalue weighted by Crippen LogP contribution is -2.30. The van der Waals surface area contributed by atoms with Gasteiger partial charge in [-0.1, -0.05) is 17.7 Å². The maximum Gasteiger partial charge on any atom is 0.259 e. The Hall–Kier alpha value is -3.59. The summed E-state index contributed by atoms with van der Waals surface area (Å²) < 4.78 is 12.1. The van der Waals surface area contributed by atoms with E-state index in [0.29, 0.717) is 49.1 Å². The van der Waals surface area contributed by atoms with Crippen molar-refractivity contribution in [1.29, 1.82) is 0 Å². The Balaban J connectivity index is 1.56. The zero-order valence-electron chi connectivity index (χ0n) is 17.8. The number of allylic oxidation sites excluding steroid dienone is 3. The Bertz CT molecular complexity index is 1130. The number of aromatic nitrogens is 3. The first kappa shape index (κ1) is 20.7. The van der Waals surface area contributed by atoms with E-state index >= 15 is 0 Å². The molecule has 160 valence electrons. The lowest BCUT2D eigenvalue weighted by Gasteiger charge is -2.10. The predicted molar refractivity (Wildman–Crippen MR) is 118 cm³/mol. The Kier molecular flexibility index (Phi) is 6.03. The minimum absolute atomic E-state index is 0.266. The number of nitrogens with one attached hydrogen (secondary N) is 1. The van der Waals surface area contributed by atoms with E-state index in [-0.39, 0.29) is 5.91 Å². The van der Waals surface area contributed by atoms with Gasteiger partial charge >= 0.3 is 0 Å². The molecule has 0 radical (unpaired) electrons. The fourth-order valence-corrected chi connectivity index (χ4v) is 3.39. The van der Waals surface area contributed by atoms with Crippen LogP contribution in [-0.2, 0) is 17.7 Å². The molecule has 2 aromatic rings. The lowest BCUT2D eigenvalue weighted by molar-refractivity contribution is 0.0976. The van der Waals surface area contributed by atoms with Crippen molar-refractivity contribution in [3.8, 4) is 5.88 Å². The van der Waals surface area contributed by atoms with Crippen LogP contribution in [0.4, 0.5) is 5.69 Å². The van der Waals surface area contributed by atoms with Crippen LogP contribution in [0.15, 0.2) is 46.3 Å². The second-order valence-electron chi connectivity index (χ2n) is 7.29. The highest BCUT2D eigenvalue weighted by Gasteiger charge is 2.26. The first-order valence-corrected chi connectivity index (χ1v) is 9.93. The zero-order valence-corrected chi connectivity index (χ0v) is 17.8. The second kappa shape index (κ2) is 9.05. The van der Waals surface area contributed by atoms with Gasteiger partial charge in [-0.3, -0.25) is 14.5 Å². The number of carbonyl (C=O) groups excluding carboxylic acids is 1. The highest BCUT2D eigenvalue weighted by molar-refractivity contribution is 6.14. The number of ether oxygens (including phenoxy) is 2. The number of amidine groups is 1. The molecule has 1 N–H and O–H groups in total. The van der Waals surface area contributed by atoms with Gasteiger partial charge in [0.25, 0.3) is 5.91 Å². The molecule has 0 aliphatic carbocycles. The number of carbonyl (C=O) groups is 1. The van der Waals surface area contributed by atoms with E-state index in [1.165, 1.54) is 11.8 Å². The summed E-state index contributed by atoms with van der Waals surface area (Å²) in [5.74, 6) is 0.695. The van der Waals surface area contributed by atoms with Crippen molar-refractivity contribution in [2.24, 2.45) is 9.98 Å². The molecule has 31 heavy (non-hydrogen) atoms. The van der Waals surface area contributed by atoms with Crippen molar-refractivity contribution in [2.45, 2.75) is 19.9 Å². The molecular formula is C22H24N6O3. The van der Waals surface area contributed by atoms with E-state index in [4.69, 9.17) is 9.47 Å². The minimum atomic E-state index is -0.266. The van der Waals surface area contributed by atoms with Gasteiger partial charge in [0, 0.05) is 48.8 Å². The number of rotatable bonds is 6. The fourth-order valence-electron chi connectivity index (χ4n) is 3.39. The Morgan fingerprint density at radius 3 is 2.94 bits per heavy atom. The Labute approximate surface area is 180 Å². The summed E-state index contributed by atoms with van der Waals surface area (Å²) in [5.41, 5.74) is 5.09. The number of hydrogen-bond donors (Lipinski definition) is 1. The van der Waals surface area contributed by atoms with Crippen LogP contribution < -0.4 is 10.1 Å². The number of fused-ring (bicyclic) bond motifs is 1. The molecule has 1 amide bonds. The van der Waals surface area contributed by atoms with Crippen molar-refractivity contribution < 1.29 is 14.3 Å². The van der Waals surface area contributed by atoms with Gasteiger partial charge in [-0.25, -0.2) is 9.98 Å². The molecule has 0 atom stereocenters. The van der Waals surface area contributed by atoms with Gasteiger partial charge in [0.15, 0.2) is 0 Å². The van der Waals surface area contributed by atoms with Crippen molar-refractivity contribution in [3.63, 3.8) is 0 Å². The molecule has 0 fully saturated rings. The maximum atomic E-state index is 12.7. The van der Waals surface area contributed by atoms with E-state index in [1.807, 2.05) is 19.2 Å². The zero-order chi connectivity index (χ0) is 21.8. The van der Waals surface area contributed by atoms with Gasteiger partial charge in [-0.05, 0) is 6.92 Å². The van der Waals surface area contributed by atoms with Crippen molar-refractivity contribution in [1.82, 2.24) is 20.1 Å². The third-order valence-corrected chi connectivity index (χ3v) is 5.02. The summed E-state index contributed by atoms with van der Waals surface area (Å²) in [7, 11) is 3.18. The molecule has 0 saturated heterocycles. The van der Waals surface area contributed by atoms with E-state index in [1.54, 1.807) is 31.3 Å². The molecule has 0 spiro atoms. The normalized spacial score (nSPS) is 15.0. The number of amides is 1. The third-order valence-electron chi connectivity index (χ3n) is 5.02. The highest BCUT2D eigenvalue weighted by atomic mass is 16.5. The predicted octanol–water partition coefficient (Wildman–Crippen LogP) is 2.36. The molecule has 4 rings (SSSR count). The SMILES string of the molecule is COCCn1cc(C(=O)NC2=Nc3c(OC)ncc(C4=CC=C(C)CN=C4)c3C2)cn1. The summed E-state index contributed by atoms with van der Waals surface area (Å²) >= 11 is 0. The molecule has 0 aromatic carbocycles. The van der Waals surface area contributed by atoms with Crippen LogP contribution in [0.1, 0.15) is 28.4 Å². The van der Waals surface area contributed by atoms with Crippen LogP contribution in [0, 0.1) is 0 Å². The highest BCUT2D eigenvalue weighted by Crippen LogP contribution is 2.38. The number of nitrogens with zero attached hydrogens (tertiary/aromatic N) is 5. The molecule has 2 aliphatic rings. The van der Waals surface area contributed by atoms with Crippen LogP contribution >= 0.6 is 0 Å². The smallest absolute Gasteiger partial charge is 0.259 e. The van der Waals surface area contributed by atoms with Crippen LogP contribution in [0.2, 0.25) is 0 Å². The second-order valence-corrected chi connectivity index (χ2v) is 7.29. The largest absolute Gasteiger partial charge is 0.479 e. The van der Waals surface area contributed by atoms with Crippen LogP contribution in [0.25, 0.3) is 5.57 Å². The number of pyridine rings is 1. The molecule has 4 heterocycles. The monoisotopic (exact) mass is 420 g/mol. The van der Waals surface area contributed by atoms with Gasteiger partial charge in [0.2, 0.25) is 5.88 Å². The summed E-state index contributed by atoms with van der Waals surface area (Å²) in [5, 5.41) is 7.08. The first-order chi connectivity index (χ1) is 15.1. The molecule has 0 saturated carbocycles. The van der Waals surface area contributed by atoms with Crippen molar-refractivity contribution in [2.75, 3.05) is 27.4 Å². The van der Waals surface area contributed by atoms with E-state index in [9.17, 15) is 4.79 Å². The van der Waals surface area contributed by atoms with E-state index in [2.05, 4.69) is 31.5 Å². The molecular weight excluding hydrogens is 396 g/mol.